The number of fused-ring (bicyclic) bond motifs is 1. The smallest absolute Gasteiger partial charge is 0.269 e. The third-order valence-electron chi connectivity index (χ3n) is 3.47. The van der Waals surface area contributed by atoms with Crippen LogP contribution < -0.4 is 5.73 Å². The van der Waals surface area contributed by atoms with E-state index in [2.05, 4.69) is 10.2 Å². The summed E-state index contributed by atoms with van der Waals surface area (Å²) < 4.78 is 5.80. The Bertz CT molecular complexity index is 420. The standard InChI is InChI=1S/C10H13N3O2/c11-9(14)8-6-4-10(2-1-3-10)15-5-7(6)12-13-8/h1-5H2,(H2,11,14)(H,12,13). The van der Waals surface area contributed by atoms with Crippen LogP contribution in [0.5, 0.6) is 0 Å². The second-order valence-corrected chi connectivity index (χ2v) is 4.40. The molecule has 0 unspecified atom stereocenters. The minimum atomic E-state index is -0.455. The van der Waals surface area contributed by atoms with Gasteiger partial charge in [-0.2, -0.15) is 5.10 Å². The Morgan fingerprint density at radius 3 is 2.93 bits per heavy atom. The van der Waals surface area contributed by atoms with Crippen molar-refractivity contribution in [1.82, 2.24) is 10.2 Å². The molecule has 3 N–H and O–H groups in total. The number of carbonyl (C=O) groups is 1. The maximum absolute atomic E-state index is 11.2. The fourth-order valence-corrected chi connectivity index (χ4v) is 2.41. The molecule has 2 heterocycles. The first-order valence-electron chi connectivity index (χ1n) is 5.20. The zero-order chi connectivity index (χ0) is 10.5. The average molecular weight is 207 g/mol. The van der Waals surface area contributed by atoms with Crippen LogP contribution in [0.1, 0.15) is 41.0 Å². The first kappa shape index (κ1) is 8.91. The van der Waals surface area contributed by atoms with Crippen molar-refractivity contribution in [3.05, 3.63) is 17.0 Å². The third kappa shape index (κ3) is 1.19. The van der Waals surface area contributed by atoms with Gasteiger partial charge in [0.1, 0.15) is 0 Å². The van der Waals surface area contributed by atoms with Gasteiger partial charge in [0.05, 0.1) is 17.9 Å². The van der Waals surface area contributed by atoms with Crippen molar-refractivity contribution in [1.29, 1.82) is 0 Å². The molecule has 1 aromatic rings. The Morgan fingerprint density at radius 1 is 1.53 bits per heavy atom. The zero-order valence-corrected chi connectivity index (χ0v) is 8.38. The van der Waals surface area contributed by atoms with Crippen molar-refractivity contribution in [3.63, 3.8) is 0 Å². The Morgan fingerprint density at radius 2 is 2.33 bits per heavy atom. The summed E-state index contributed by atoms with van der Waals surface area (Å²) >= 11 is 0. The summed E-state index contributed by atoms with van der Waals surface area (Å²) in [5.41, 5.74) is 7.50. The van der Waals surface area contributed by atoms with Crippen LogP contribution in [0.4, 0.5) is 0 Å². The number of rotatable bonds is 1. The molecule has 1 aliphatic heterocycles. The number of ether oxygens (including phenoxy) is 1. The molecule has 3 rings (SSSR count). The van der Waals surface area contributed by atoms with E-state index in [0.29, 0.717) is 12.3 Å². The van der Waals surface area contributed by atoms with E-state index in [0.717, 1.165) is 30.5 Å². The lowest BCUT2D eigenvalue weighted by molar-refractivity contribution is -0.119. The molecule has 0 atom stereocenters. The number of nitrogens with one attached hydrogen (secondary N) is 1. The molecule has 0 radical (unpaired) electrons. The van der Waals surface area contributed by atoms with Crippen molar-refractivity contribution in [3.8, 4) is 0 Å². The van der Waals surface area contributed by atoms with E-state index in [1.807, 2.05) is 0 Å². The maximum Gasteiger partial charge on any atom is 0.269 e. The minimum Gasteiger partial charge on any atom is -0.368 e. The van der Waals surface area contributed by atoms with Crippen molar-refractivity contribution in [2.45, 2.75) is 37.9 Å². The Hall–Kier alpha value is -1.36. The predicted octanol–water partition coefficient (Wildman–Crippen LogP) is 0.504. The van der Waals surface area contributed by atoms with E-state index in [1.54, 1.807) is 0 Å². The number of nitrogens with two attached hydrogens (primary N) is 1. The largest absolute Gasteiger partial charge is 0.368 e. The molecule has 1 aromatic heterocycles. The summed E-state index contributed by atoms with van der Waals surface area (Å²) in [6.07, 6.45) is 4.14. The predicted molar refractivity (Wildman–Crippen MR) is 52.2 cm³/mol. The van der Waals surface area contributed by atoms with E-state index < -0.39 is 5.91 Å². The lowest BCUT2D eigenvalue weighted by atomic mass is 9.74. The van der Waals surface area contributed by atoms with Gasteiger partial charge in [0.2, 0.25) is 0 Å². The Balaban J connectivity index is 1.98. The molecule has 5 nitrogen and oxygen atoms in total. The maximum atomic E-state index is 11.2. The van der Waals surface area contributed by atoms with Gasteiger partial charge >= 0.3 is 0 Å². The van der Waals surface area contributed by atoms with Crippen LogP contribution in [0.3, 0.4) is 0 Å². The normalized spacial score (nSPS) is 22.1. The highest BCUT2D eigenvalue weighted by atomic mass is 16.5. The van der Waals surface area contributed by atoms with Gasteiger partial charge in [-0.1, -0.05) is 0 Å². The molecule has 1 spiro atoms. The van der Waals surface area contributed by atoms with Gasteiger partial charge in [0.15, 0.2) is 5.69 Å². The lowest BCUT2D eigenvalue weighted by Crippen LogP contribution is -2.45. The molecule has 80 valence electrons. The van der Waals surface area contributed by atoms with Gasteiger partial charge in [0, 0.05) is 12.0 Å². The molecular weight excluding hydrogens is 194 g/mol. The zero-order valence-electron chi connectivity index (χ0n) is 8.38. The van der Waals surface area contributed by atoms with Crippen molar-refractivity contribution < 1.29 is 9.53 Å². The lowest BCUT2D eigenvalue weighted by Gasteiger charge is -2.44. The Labute approximate surface area is 87.0 Å². The molecule has 5 heteroatoms. The van der Waals surface area contributed by atoms with Crippen LogP contribution in [-0.2, 0) is 17.8 Å². The Kier molecular flexibility index (Phi) is 1.68. The molecule has 0 bridgehead atoms. The van der Waals surface area contributed by atoms with Crippen LogP contribution in [0.25, 0.3) is 0 Å². The highest BCUT2D eigenvalue weighted by molar-refractivity contribution is 5.92. The molecule has 0 saturated heterocycles. The number of hydrogen-bond acceptors (Lipinski definition) is 3. The van der Waals surface area contributed by atoms with Gasteiger partial charge in [-0.25, -0.2) is 0 Å². The quantitative estimate of drug-likeness (QED) is 0.703. The molecule has 2 aliphatic rings. The molecule has 1 fully saturated rings. The summed E-state index contributed by atoms with van der Waals surface area (Å²) in [7, 11) is 0. The van der Waals surface area contributed by atoms with Gasteiger partial charge in [-0.05, 0) is 19.3 Å². The van der Waals surface area contributed by atoms with Crippen LogP contribution in [-0.4, -0.2) is 21.7 Å². The molecule has 1 saturated carbocycles. The van der Waals surface area contributed by atoms with Crippen LogP contribution in [0, 0.1) is 0 Å². The van der Waals surface area contributed by atoms with E-state index in [-0.39, 0.29) is 5.60 Å². The molecule has 15 heavy (non-hydrogen) atoms. The average Bonchev–Trinajstić information content (AvgIpc) is 2.57. The second kappa shape index (κ2) is 2.82. The summed E-state index contributed by atoms with van der Waals surface area (Å²) in [5, 5.41) is 6.76. The summed E-state index contributed by atoms with van der Waals surface area (Å²) in [4.78, 5) is 11.2. The number of amides is 1. The van der Waals surface area contributed by atoms with Gasteiger partial charge in [-0.3, -0.25) is 9.89 Å². The van der Waals surface area contributed by atoms with Crippen molar-refractivity contribution in [2.24, 2.45) is 5.73 Å². The number of carbonyl (C=O) groups excluding carboxylic acids is 1. The SMILES string of the molecule is NC(=O)c1n[nH]c2c1CC1(CCC1)OC2. The van der Waals surface area contributed by atoms with Crippen LogP contribution in [0.15, 0.2) is 0 Å². The highest BCUT2D eigenvalue weighted by Crippen LogP contribution is 2.42. The van der Waals surface area contributed by atoms with E-state index in [4.69, 9.17) is 10.5 Å². The number of aromatic nitrogens is 2. The number of primary amides is 1. The molecule has 0 aromatic carbocycles. The second-order valence-electron chi connectivity index (χ2n) is 4.40. The molecular formula is C10H13N3O2. The minimum absolute atomic E-state index is 0.0267. The first-order valence-corrected chi connectivity index (χ1v) is 5.20. The summed E-state index contributed by atoms with van der Waals surface area (Å²) in [6.45, 7) is 0.523. The monoisotopic (exact) mass is 207 g/mol. The number of nitrogens with zero attached hydrogens (tertiary/aromatic N) is 1. The van der Waals surface area contributed by atoms with E-state index in [9.17, 15) is 4.79 Å². The third-order valence-corrected chi connectivity index (χ3v) is 3.47. The fourth-order valence-electron chi connectivity index (χ4n) is 2.41. The number of aromatic amines is 1. The van der Waals surface area contributed by atoms with Crippen LogP contribution in [0.2, 0.25) is 0 Å². The van der Waals surface area contributed by atoms with E-state index >= 15 is 0 Å². The van der Waals surface area contributed by atoms with Crippen LogP contribution >= 0.6 is 0 Å². The van der Waals surface area contributed by atoms with Gasteiger partial charge < -0.3 is 10.5 Å². The van der Waals surface area contributed by atoms with Gasteiger partial charge in [0.25, 0.3) is 5.91 Å². The number of H-pyrrole nitrogens is 1. The molecule has 1 aliphatic carbocycles. The first-order chi connectivity index (χ1) is 7.20. The number of hydrogen-bond donors (Lipinski definition) is 2. The summed E-state index contributed by atoms with van der Waals surface area (Å²) in [5.74, 6) is -0.455. The van der Waals surface area contributed by atoms with E-state index in [1.165, 1.54) is 6.42 Å². The molecule has 1 amide bonds. The summed E-state index contributed by atoms with van der Waals surface area (Å²) in [6, 6.07) is 0. The fraction of sp³-hybridized carbons (Fsp3) is 0.600. The van der Waals surface area contributed by atoms with Crippen molar-refractivity contribution in [2.75, 3.05) is 0 Å². The van der Waals surface area contributed by atoms with Gasteiger partial charge in [-0.15, -0.1) is 0 Å². The topological polar surface area (TPSA) is 81.0 Å². The van der Waals surface area contributed by atoms with Crippen molar-refractivity contribution >= 4 is 5.91 Å². The highest BCUT2D eigenvalue weighted by Gasteiger charge is 2.43.